The molecule has 14 heavy (non-hydrogen) atoms. The highest BCUT2D eigenvalue weighted by Crippen LogP contribution is 2.22. The first-order valence-corrected chi connectivity index (χ1v) is 5.91. The molecular formula is C11H21FN2. The van der Waals surface area contributed by atoms with Gasteiger partial charge in [-0.3, -0.25) is 9.29 Å². The van der Waals surface area contributed by atoms with Gasteiger partial charge in [0.05, 0.1) is 6.67 Å². The van der Waals surface area contributed by atoms with E-state index in [1.165, 1.54) is 25.8 Å². The molecule has 0 radical (unpaired) electrons. The molecule has 2 fully saturated rings. The summed E-state index contributed by atoms with van der Waals surface area (Å²) in [6.45, 7) is 4.35. The maximum Gasteiger partial charge on any atom is 0.0934 e. The largest absolute Gasteiger partial charge is 0.317 e. The van der Waals surface area contributed by atoms with E-state index in [2.05, 4.69) is 10.2 Å². The number of hydrogen-bond donors (Lipinski definition) is 1. The number of nitrogens with zero attached hydrogens (tertiary/aromatic N) is 1. The van der Waals surface area contributed by atoms with Crippen LogP contribution in [-0.2, 0) is 0 Å². The Bertz CT molecular complexity index is 169. The summed E-state index contributed by atoms with van der Waals surface area (Å²) in [5.74, 6) is 0.318. The number of likely N-dealkylation sites (tertiary alicyclic amines) is 1. The minimum Gasteiger partial charge on any atom is -0.317 e. The fourth-order valence-electron chi connectivity index (χ4n) is 2.73. The van der Waals surface area contributed by atoms with Crippen LogP contribution < -0.4 is 5.32 Å². The standard InChI is InChI=1S/C11H21FN2/c12-8-10-2-1-7-14(9-10)11-3-5-13-6-4-11/h10-11,13H,1-9H2/t10-/m1/s1. The number of rotatable bonds is 2. The van der Waals surface area contributed by atoms with Crippen molar-refractivity contribution in [2.75, 3.05) is 32.9 Å². The van der Waals surface area contributed by atoms with Crippen LogP contribution >= 0.6 is 0 Å². The van der Waals surface area contributed by atoms with Crippen LogP contribution in [-0.4, -0.2) is 43.8 Å². The highest BCUT2D eigenvalue weighted by Gasteiger charge is 2.26. The van der Waals surface area contributed by atoms with Gasteiger partial charge in [-0.25, -0.2) is 0 Å². The van der Waals surface area contributed by atoms with Gasteiger partial charge in [-0.05, 0) is 45.3 Å². The first kappa shape index (κ1) is 10.4. The van der Waals surface area contributed by atoms with E-state index in [0.29, 0.717) is 5.92 Å². The van der Waals surface area contributed by atoms with E-state index in [1.54, 1.807) is 0 Å². The number of piperidine rings is 2. The minimum atomic E-state index is -0.124. The topological polar surface area (TPSA) is 15.3 Å². The Morgan fingerprint density at radius 2 is 2.00 bits per heavy atom. The molecule has 2 heterocycles. The summed E-state index contributed by atoms with van der Waals surface area (Å²) < 4.78 is 12.6. The summed E-state index contributed by atoms with van der Waals surface area (Å²) in [5, 5.41) is 3.38. The van der Waals surface area contributed by atoms with Crippen molar-refractivity contribution in [3.05, 3.63) is 0 Å². The highest BCUT2D eigenvalue weighted by molar-refractivity contribution is 4.82. The van der Waals surface area contributed by atoms with Crippen molar-refractivity contribution in [3.8, 4) is 0 Å². The van der Waals surface area contributed by atoms with Gasteiger partial charge in [0.15, 0.2) is 0 Å². The van der Waals surface area contributed by atoms with E-state index >= 15 is 0 Å². The number of alkyl halides is 1. The van der Waals surface area contributed by atoms with Gasteiger partial charge in [0.2, 0.25) is 0 Å². The Balaban J connectivity index is 1.83. The van der Waals surface area contributed by atoms with Crippen molar-refractivity contribution < 1.29 is 4.39 Å². The lowest BCUT2D eigenvalue weighted by molar-refractivity contribution is 0.0923. The van der Waals surface area contributed by atoms with E-state index < -0.39 is 0 Å². The van der Waals surface area contributed by atoms with Crippen molar-refractivity contribution in [1.82, 2.24) is 10.2 Å². The Kier molecular flexibility index (Phi) is 3.76. The maximum atomic E-state index is 12.6. The van der Waals surface area contributed by atoms with Crippen LogP contribution in [0.25, 0.3) is 0 Å². The third-order valence-corrected chi connectivity index (χ3v) is 3.59. The lowest BCUT2D eigenvalue weighted by atomic mass is 9.95. The van der Waals surface area contributed by atoms with Gasteiger partial charge in [-0.1, -0.05) is 0 Å². The lowest BCUT2D eigenvalue weighted by Gasteiger charge is -2.39. The van der Waals surface area contributed by atoms with Crippen LogP contribution in [0.4, 0.5) is 4.39 Å². The molecule has 2 aliphatic heterocycles. The van der Waals surface area contributed by atoms with Gasteiger partial charge in [0.1, 0.15) is 0 Å². The van der Waals surface area contributed by atoms with E-state index in [-0.39, 0.29) is 6.67 Å². The van der Waals surface area contributed by atoms with E-state index in [1.807, 2.05) is 0 Å². The van der Waals surface area contributed by atoms with E-state index in [4.69, 9.17) is 0 Å². The molecule has 3 heteroatoms. The van der Waals surface area contributed by atoms with Crippen molar-refractivity contribution >= 4 is 0 Å². The molecule has 0 aromatic rings. The second-order valence-electron chi connectivity index (χ2n) is 4.64. The summed E-state index contributed by atoms with van der Waals surface area (Å²) in [4.78, 5) is 2.52. The molecule has 0 aliphatic carbocycles. The lowest BCUT2D eigenvalue weighted by Crippen LogP contribution is -2.47. The summed E-state index contributed by atoms with van der Waals surface area (Å²) in [6, 6.07) is 0.727. The molecule has 0 aromatic carbocycles. The molecule has 1 atom stereocenters. The smallest absolute Gasteiger partial charge is 0.0934 e. The normalized spacial score (nSPS) is 31.9. The van der Waals surface area contributed by atoms with Crippen molar-refractivity contribution in [1.29, 1.82) is 0 Å². The van der Waals surface area contributed by atoms with Crippen LogP contribution in [0.1, 0.15) is 25.7 Å². The molecule has 0 unspecified atom stereocenters. The van der Waals surface area contributed by atoms with Crippen LogP contribution in [0.2, 0.25) is 0 Å². The van der Waals surface area contributed by atoms with Crippen LogP contribution in [0.15, 0.2) is 0 Å². The van der Waals surface area contributed by atoms with Gasteiger partial charge < -0.3 is 5.32 Å². The molecule has 82 valence electrons. The molecule has 0 spiro atoms. The Morgan fingerprint density at radius 1 is 1.21 bits per heavy atom. The van der Waals surface area contributed by atoms with Crippen LogP contribution in [0.5, 0.6) is 0 Å². The average Bonchev–Trinajstić information content (AvgIpc) is 2.30. The Morgan fingerprint density at radius 3 is 2.71 bits per heavy atom. The molecular weight excluding hydrogens is 179 g/mol. The molecule has 2 aliphatic rings. The summed E-state index contributed by atoms with van der Waals surface area (Å²) >= 11 is 0. The Hall–Kier alpha value is -0.150. The zero-order valence-electron chi connectivity index (χ0n) is 8.84. The molecule has 0 bridgehead atoms. The third kappa shape index (κ3) is 2.45. The minimum absolute atomic E-state index is 0.124. The molecule has 0 aromatic heterocycles. The fourth-order valence-corrected chi connectivity index (χ4v) is 2.73. The molecule has 2 rings (SSSR count). The first-order chi connectivity index (χ1) is 6.90. The second kappa shape index (κ2) is 5.08. The van der Waals surface area contributed by atoms with Crippen molar-refractivity contribution in [2.45, 2.75) is 31.7 Å². The molecule has 2 nitrogen and oxygen atoms in total. The monoisotopic (exact) mass is 200 g/mol. The number of halogens is 1. The summed E-state index contributed by atoms with van der Waals surface area (Å²) in [7, 11) is 0. The van der Waals surface area contributed by atoms with Gasteiger partial charge >= 0.3 is 0 Å². The van der Waals surface area contributed by atoms with Gasteiger partial charge in [0, 0.05) is 18.5 Å². The predicted molar refractivity (Wildman–Crippen MR) is 56.2 cm³/mol. The summed E-state index contributed by atoms with van der Waals surface area (Å²) in [5.41, 5.74) is 0. The predicted octanol–water partition coefficient (Wildman–Crippen LogP) is 1.42. The molecule has 0 saturated carbocycles. The first-order valence-electron chi connectivity index (χ1n) is 5.91. The number of hydrogen-bond acceptors (Lipinski definition) is 2. The van der Waals surface area contributed by atoms with Crippen LogP contribution in [0.3, 0.4) is 0 Å². The Labute approximate surface area is 85.9 Å². The van der Waals surface area contributed by atoms with Crippen LogP contribution in [0, 0.1) is 5.92 Å². The van der Waals surface area contributed by atoms with Gasteiger partial charge in [-0.2, -0.15) is 0 Å². The van der Waals surface area contributed by atoms with Gasteiger partial charge in [0.25, 0.3) is 0 Å². The van der Waals surface area contributed by atoms with Gasteiger partial charge in [-0.15, -0.1) is 0 Å². The number of nitrogens with one attached hydrogen (secondary N) is 1. The quantitative estimate of drug-likeness (QED) is 0.725. The van der Waals surface area contributed by atoms with Crippen molar-refractivity contribution in [3.63, 3.8) is 0 Å². The molecule has 1 N–H and O–H groups in total. The summed E-state index contributed by atoms with van der Waals surface area (Å²) in [6.07, 6.45) is 4.79. The highest BCUT2D eigenvalue weighted by atomic mass is 19.1. The second-order valence-corrected chi connectivity index (χ2v) is 4.64. The average molecular weight is 200 g/mol. The fraction of sp³-hybridized carbons (Fsp3) is 1.00. The SMILES string of the molecule is FC[C@H]1CCCN(C2CCNCC2)C1. The van der Waals surface area contributed by atoms with Crippen molar-refractivity contribution in [2.24, 2.45) is 5.92 Å². The zero-order chi connectivity index (χ0) is 9.80. The van der Waals surface area contributed by atoms with E-state index in [9.17, 15) is 4.39 Å². The molecule has 2 saturated heterocycles. The third-order valence-electron chi connectivity index (χ3n) is 3.59. The maximum absolute atomic E-state index is 12.6. The van der Waals surface area contributed by atoms with E-state index in [0.717, 1.165) is 32.1 Å². The zero-order valence-corrected chi connectivity index (χ0v) is 8.84. The molecule has 0 amide bonds.